The highest BCUT2D eigenvalue weighted by molar-refractivity contribution is 5.09. The highest BCUT2D eigenvalue weighted by Crippen LogP contribution is 1.99. The van der Waals surface area contributed by atoms with Crippen LogP contribution >= 0.6 is 0 Å². The van der Waals surface area contributed by atoms with Gasteiger partial charge in [0.2, 0.25) is 0 Å². The van der Waals surface area contributed by atoms with Crippen LogP contribution < -0.4 is 5.73 Å². The van der Waals surface area contributed by atoms with E-state index in [-0.39, 0.29) is 13.2 Å². The molecule has 0 fully saturated rings. The lowest BCUT2D eigenvalue weighted by Crippen LogP contribution is -2.24. The molecule has 0 aliphatic carbocycles. The molecule has 0 amide bonds. The molecule has 0 heterocycles. The zero-order valence-electron chi connectivity index (χ0n) is 7.66. The van der Waals surface area contributed by atoms with Gasteiger partial charge >= 0.3 is 0 Å². The van der Waals surface area contributed by atoms with Gasteiger partial charge in [0.1, 0.15) is 18.5 Å². The summed E-state index contributed by atoms with van der Waals surface area (Å²) in [5.41, 5.74) is 5.21. The summed E-state index contributed by atoms with van der Waals surface area (Å²) in [6.07, 6.45) is 4.97. The van der Waals surface area contributed by atoms with Crippen LogP contribution in [0.3, 0.4) is 0 Å². The summed E-state index contributed by atoms with van der Waals surface area (Å²) in [4.78, 5) is 0. The Bertz CT molecular complexity index is 164. The first kappa shape index (κ1) is 11.2. The summed E-state index contributed by atoms with van der Waals surface area (Å²) < 4.78 is 5.23. The van der Waals surface area contributed by atoms with Crippen LogP contribution in [0.5, 0.6) is 0 Å². The smallest absolute Gasteiger partial charge is 0.115 e. The fourth-order valence-electron chi connectivity index (χ4n) is 0.652. The van der Waals surface area contributed by atoms with Crippen LogP contribution in [0.1, 0.15) is 13.8 Å². The second kappa shape index (κ2) is 6.88. The molecule has 0 rings (SSSR count). The largest absolute Gasteiger partial charge is 0.491 e. The van der Waals surface area contributed by atoms with Gasteiger partial charge < -0.3 is 15.6 Å². The van der Waals surface area contributed by atoms with Gasteiger partial charge in [-0.05, 0) is 26.0 Å². The van der Waals surface area contributed by atoms with Gasteiger partial charge in [0.25, 0.3) is 0 Å². The van der Waals surface area contributed by atoms with E-state index in [1.54, 1.807) is 0 Å². The molecule has 0 saturated heterocycles. The van der Waals surface area contributed by atoms with Crippen molar-refractivity contribution in [3.63, 3.8) is 0 Å². The highest BCUT2D eigenvalue weighted by atomic mass is 16.5. The van der Waals surface area contributed by atoms with Crippen LogP contribution in [0, 0.1) is 0 Å². The molecule has 1 unspecified atom stereocenters. The average Bonchev–Trinajstić information content (AvgIpc) is 2.11. The third kappa shape index (κ3) is 4.93. The van der Waals surface area contributed by atoms with Crippen molar-refractivity contribution in [2.24, 2.45) is 5.73 Å². The minimum absolute atomic E-state index is 0.229. The van der Waals surface area contributed by atoms with Crippen LogP contribution in [-0.4, -0.2) is 24.4 Å². The molecule has 0 aromatic rings. The van der Waals surface area contributed by atoms with Gasteiger partial charge in [-0.15, -0.1) is 0 Å². The Kier molecular flexibility index (Phi) is 6.42. The molecule has 70 valence electrons. The van der Waals surface area contributed by atoms with E-state index in [4.69, 9.17) is 15.6 Å². The standard InChI is InChI=1S/C9H17NO2/c1-3-5-9(4-2)12-7-8(11)6-10/h3-5,8,11H,6-7,10H2,1-2H3. The summed E-state index contributed by atoms with van der Waals surface area (Å²) in [6.45, 7) is 4.27. The minimum atomic E-state index is -0.579. The third-order valence-electron chi connectivity index (χ3n) is 1.33. The summed E-state index contributed by atoms with van der Waals surface area (Å²) in [5, 5.41) is 9.07. The SMILES string of the molecule is CC=CC(=CC)OCC(O)CN. The van der Waals surface area contributed by atoms with Crippen LogP contribution in [0.15, 0.2) is 24.0 Å². The van der Waals surface area contributed by atoms with Crippen molar-refractivity contribution < 1.29 is 9.84 Å². The Hall–Kier alpha value is -0.800. The second-order valence-electron chi connectivity index (χ2n) is 2.39. The molecular formula is C9H17NO2. The molecule has 0 radical (unpaired) electrons. The lowest BCUT2D eigenvalue weighted by molar-refractivity contribution is 0.0813. The summed E-state index contributed by atoms with van der Waals surface area (Å²) in [6, 6.07) is 0. The number of allylic oxidation sites excluding steroid dienone is 3. The molecule has 0 aliphatic heterocycles. The van der Waals surface area contributed by atoms with Crippen molar-refractivity contribution in [2.75, 3.05) is 13.2 Å². The molecule has 3 nitrogen and oxygen atoms in total. The lowest BCUT2D eigenvalue weighted by Gasteiger charge is -2.10. The zero-order valence-corrected chi connectivity index (χ0v) is 7.66. The number of hydrogen-bond donors (Lipinski definition) is 2. The summed E-state index contributed by atoms with van der Waals surface area (Å²) >= 11 is 0. The third-order valence-corrected chi connectivity index (χ3v) is 1.33. The normalized spacial score (nSPS) is 15.2. The predicted octanol–water partition coefficient (Wildman–Crippen LogP) is 0.803. The van der Waals surface area contributed by atoms with Crippen molar-refractivity contribution in [1.82, 2.24) is 0 Å². The molecular weight excluding hydrogens is 154 g/mol. The van der Waals surface area contributed by atoms with Crippen molar-refractivity contribution in [3.05, 3.63) is 24.0 Å². The average molecular weight is 171 g/mol. The molecule has 0 spiro atoms. The number of hydrogen-bond acceptors (Lipinski definition) is 3. The Morgan fingerprint density at radius 2 is 2.25 bits per heavy atom. The molecule has 0 bridgehead atoms. The van der Waals surface area contributed by atoms with Gasteiger partial charge in [-0.1, -0.05) is 6.08 Å². The first-order valence-electron chi connectivity index (χ1n) is 4.04. The number of aliphatic hydroxyl groups excluding tert-OH is 1. The maximum Gasteiger partial charge on any atom is 0.115 e. The van der Waals surface area contributed by atoms with Gasteiger partial charge in [0.05, 0.1) is 0 Å². The topological polar surface area (TPSA) is 55.5 Å². The minimum Gasteiger partial charge on any atom is -0.491 e. The molecule has 1 atom stereocenters. The summed E-state index contributed by atoms with van der Waals surface area (Å²) in [7, 11) is 0. The molecule has 0 aromatic heterocycles. The highest BCUT2D eigenvalue weighted by Gasteiger charge is 2.00. The van der Waals surface area contributed by atoms with Crippen molar-refractivity contribution in [2.45, 2.75) is 20.0 Å². The van der Waals surface area contributed by atoms with Crippen molar-refractivity contribution in [1.29, 1.82) is 0 Å². The van der Waals surface area contributed by atoms with E-state index in [9.17, 15) is 0 Å². The number of ether oxygens (including phenoxy) is 1. The van der Waals surface area contributed by atoms with E-state index in [0.29, 0.717) is 0 Å². The molecule has 3 heteroatoms. The van der Waals surface area contributed by atoms with Crippen LogP contribution in [0.25, 0.3) is 0 Å². The van der Waals surface area contributed by atoms with Crippen molar-refractivity contribution >= 4 is 0 Å². The Morgan fingerprint density at radius 3 is 2.67 bits per heavy atom. The predicted molar refractivity (Wildman–Crippen MR) is 49.6 cm³/mol. The van der Waals surface area contributed by atoms with E-state index in [1.165, 1.54) is 0 Å². The van der Waals surface area contributed by atoms with E-state index in [0.717, 1.165) is 5.76 Å². The number of rotatable bonds is 5. The number of nitrogens with two attached hydrogens (primary N) is 1. The van der Waals surface area contributed by atoms with E-state index < -0.39 is 6.10 Å². The van der Waals surface area contributed by atoms with Gasteiger partial charge in [-0.3, -0.25) is 0 Å². The van der Waals surface area contributed by atoms with Gasteiger partial charge in [0, 0.05) is 6.54 Å². The van der Waals surface area contributed by atoms with Gasteiger partial charge in [-0.25, -0.2) is 0 Å². The Morgan fingerprint density at radius 1 is 1.58 bits per heavy atom. The first-order chi connectivity index (χ1) is 5.74. The molecule has 12 heavy (non-hydrogen) atoms. The van der Waals surface area contributed by atoms with E-state index in [2.05, 4.69) is 0 Å². The molecule has 0 saturated carbocycles. The molecule has 0 aromatic carbocycles. The monoisotopic (exact) mass is 171 g/mol. The van der Waals surface area contributed by atoms with Gasteiger partial charge in [0.15, 0.2) is 0 Å². The number of aliphatic hydroxyl groups is 1. The maximum atomic E-state index is 9.07. The van der Waals surface area contributed by atoms with Crippen LogP contribution in [0.2, 0.25) is 0 Å². The lowest BCUT2D eigenvalue weighted by atomic mass is 10.3. The zero-order chi connectivity index (χ0) is 9.40. The van der Waals surface area contributed by atoms with Gasteiger partial charge in [-0.2, -0.15) is 0 Å². The molecule has 0 aliphatic rings. The second-order valence-corrected chi connectivity index (χ2v) is 2.39. The van der Waals surface area contributed by atoms with Crippen LogP contribution in [-0.2, 0) is 4.74 Å². The fraction of sp³-hybridized carbons (Fsp3) is 0.556. The Labute approximate surface area is 73.5 Å². The van der Waals surface area contributed by atoms with Crippen molar-refractivity contribution in [3.8, 4) is 0 Å². The molecule has 3 N–H and O–H groups in total. The first-order valence-corrected chi connectivity index (χ1v) is 4.04. The maximum absolute atomic E-state index is 9.07. The summed E-state index contributed by atoms with van der Waals surface area (Å²) in [5.74, 6) is 0.755. The van der Waals surface area contributed by atoms with E-state index in [1.807, 2.05) is 32.1 Å². The Balaban J connectivity index is 3.74. The fourth-order valence-corrected chi connectivity index (χ4v) is 0.652. The quantitative estimate of drug-likeness (QED) is 0.475. The van der Waals surface area contributed by atoms with Crippen LogP contribution in [0.4, 0.5) is 0 Å². The van der Waals surface area contributed by atoms with E-state index >= 15 is 0 Å².